The Bertz CT molecular complexity index is 508. The van der Waals surface area contributed by atoms with Crippen molar-refractivity contribution in [2.75, 3.05) is 31.5 Å². The van der Waals surface area contributed by atoms with Gasteiger partial charge in [-0.2, -0.15) is 0 Å². The summed E-state index contributed by atoms with van der Waals surface area (Å²) < 4.78 is 5.98. The van der Waals surface area contributed by atoms with Gasteiger partial charge in [-0.05, 0) is 101 Å². The maximum absolute atomic E-state index is 5.98. The number of anilines is 1. The Morgan fingerprint density at radius 3 is 2.50 bits per heavy atom. The maximum atomic E-state index is 5.98. The number of rotatable bonds is 7. The molecule has 1 saturated heterocycles. The Morgan fingerprint density at radius 1 is 1.08 bits per heavy atom. The second-order valence-corrected chi connectivity index (χ2v) is 7.24. The van der Waals surface area contributed by atoms with Crippen molar-refractivity contribution in [3.8, 4) is 5.75 Å². The molecule has 0 unspecified atom stereocenters. The third kappa shape index (κ3) is 5.64. The van der Waals surface area contributed by atoms with E-state index in [1.807, 2.05) is 24.3 Å². The molecule has 1 aromatic carbocycles. The summed E-state index contributed by atoms with van der Waals surface area (Å²) in [7, 11) is 0. The van der Waals surface area contributed by atoms with Crippen LogP contribution in [0.2, 0.25) is 0 Å². The molecule has 1 heterocycles. The molecule has 0 amide bonds. The lowest BCUT2D eigenvalue weighted by molar-refractivity contribution is 0.210. The van der Waals surface area contributed by atoms with E-state index in [-0.39, 0.29) is 0 Å². The fourth-order valence-corrected chi connectivity index (χ4v) is 3.72. The molecule has 1 saturated carbocycles. The molecule has 1 aliphatic carbocycles. The van der Waals surface area contributed by atoms with E-state index in [0.717, 1.165) is 24.4 Å². The number of ether oxygens (including phenoxy) is 1. The number of thiocarbonyl (C=S) groups is 1. The van der Waals surface area contributed by atoms with E-state index in [9.17, 15) is 0 Å². The first-order chi connectivity index (χ1) is 11.8. The summed E-state index contributed by atoms with van der Waals surface area (Å²) in [4.78, 5) is 2.53. The lowest BCUT2D eigenvalue weighted by Crippen LogP contribution is -2.31. The Hall–Kier alpha value is -1.33. The zero-order valence-corrected chi connectivity index (χ0v) is 15.2. The van der Waals surface area contributed by atoms with Gasteiger partial charge in [0.05, 0.1) is 6.10 Å². The first kappa shape index (κ1) is 17.5. The largest absolute Gasteiger partial charge is 0.490 e. The number of nitrogens with zero attached hydrogens (tertiary/aromatic N) is 1. The number of nitrogens with one attached hydrogen (secondary N) is 2. The Balaban J connectivity index is 1.33. The van der Waals surface area contributed by atoms with Crippen LogP contribution in [0.3, 0.4) is 0 Å². The molecular formula is C19H29N3OS. The molecule has 4 nitrogen and oxygen atoms in total. The monoisotopic (exact) mass is 347 g/mol. The molecule has 132 valence electrons. The third-order valence-corrected chi connectivity index (χ3v) is 5.10. The van der Waals surface area contributed by atoms with E-state index < -0.39 is 0 Å². The summed E-state index contributed by atoms with van der Waals surface area (Å²) in [5.74, 6) is 0.956. The van der Waals surface area contributed by atoms with Crippen LogP contribution >= 0.6 is 12.2 Å². The molecule has 0 bridgehead atoms. The molecule has 3 rings (SSSR count). The minimum atomic E-state index is 0.405. The minimum absolute atomic E-state index is 0.405. The van der Waals surface area contributed by atoms with Gasteiger partial charge >= 0.3 is 0 Å². The van der Waals surface area contributed by atoms with Crippen LogP contribution in [0, 0.1) is 0 Å². The summed E-state index contributed by atoms with van der Waals surface area (Å²) in [5.41, 5.74) is 1.01. The molecule has 2 aliphatic rings. The number of likely N-dealkylation sites (tertiary alicyclic amines) is 1. The lowest BCUT2D eigenvalue weighted by atomic mass is 10.3. The summed E-state index contributed by atoms with van der Waals surface area (Å²) in [5, 5.41) is 7.23. The van der Waals surface area contributed by atoms with Gasteiger partial charge < -0.3 is 20.3 Å². The van der Waals surface area contributed by atoms with Crippen molar-refractivity contribution in [1.29, 1.82) is 0 Å². The highest BCUT2D eigenvalue weighted by Gasteiger charge is 2.16. The van der Waals surface area contributed by atoms with Crippen LogP contribution in [0.4, 0.5) is 5.69 Å². The van der Waals surface area contributed by atoms with Gasteiger partial charge in [0.1, 0.15) is 5.75 Å². The van der Waals surface area contributed by atoms with E-state index in [1.54, 1.807) is 0 Å². The predicted octanol–water partition coefficient (Wildman–Crippen LogP) is 3.78. The molecule has 0 radical (unpaired) electrons. The van der Waals surface area contributed by atoms with E-state index in [2.05, 4.69) is 15.5 Å². The third-order valence-electron chi connectivity index (χ3n) is 4.85. The molecule has 0 spiro atoms. The van der Waals surface area contributed by atoms with E-state index >= 15 is 0 Å². The van der Waals surface area contributed by atoms with Crippen molar-refractivity contribution in [1.82, 2.24) is 10.2 Å². The second-order valence-electron chi connectivity index (χ2n) is 6.83. The van der Waals surface area contributed by atoms with E-state index in [0.29, 0.717) is 11.2 Å². The zero-order valence-electron chi connectivity index (χ0n) is 14.4. The van der Waals surface area contributed by atoms with Crippen molar-refractivity contribution in [2.45, 2.75) is 51.0 Å². The maximum Gasteiger partial charge on any atom is 0.170 e. The molecule has 2 fully saturated rings. The molecular weight excluding hydrogens is 318 g/mol. The van der Waals surface area contributed by atoms with Crippen molar-refractivity contribution in [2.24, 2.45) is 0 Å². The first-order valence-electron chi connectivity index (χ1n) is 9.33. The predicted molar refractivity (Wildman–Crippen MR) is 104 cm³/mol. The zero-order chi connectivity index (χ0) is 16.6. The lowest BCUT2D eigenvalue weighted by Gasteiger charge is -2.16. The Labute approximate surface area is 150 Å². The topological polar surface area (TPSA) is 36.5 Å². The van der Waals surface area contributed by atoms with Crippen LogP contribution in [0.15, 0.2) is 24.3 Å². The van der Waals surface area contributed by atoms with Crippen LogP contribution in [0.1, 0.15) is 44.9 Å². The highest BCUT2D eigenvalue weighted by Crippen LogP contribution is 2.24. The van der Waals surface area contributed by atoms with Crippen LogP contribution in [0.25, 0.3) is 0 Å². The molecule has 1 aliphatic heterocycles. The number of hydrogen-bond acceptors (Lipinski definition) is 3. The SMILES string of the molecule is S=C(NCCCN1CCCC1)Nc1ccc(OC2CCCC2)cc1. The van der Waals surface area contributed by atoms with Gasteiger partial charge in [-0.15, -0.1) is 0 Å². The average molecular weight is 348 g/mol. The quantitative estimate of drug-likeness (QED) is 0.580. The Kier molecular flexibility index (Phi) is 6.73. The van der Waals surface area contributed by atoms with Gasteiger partial charge in [0.15, 0.2) is 5.11 Å². The molecule has 0 atom stereocenters. The van der Waals surface area contributed by atoms with Gasteiger partial charge in [0.25, 0.3) is 0 Å². The van der Waals surface area contributed by atoms with Gasteiger partial charge in [-0.3, -0.25) is 0 Å². The van der Waals surface area contributed by atoms with Crippen LogP contribution in [-0.2, 0) is 0 Å². The summed E-state index contributed by atoms with van der Waals surface area (Å²) in [6.07, 6.45) is 9.21. The fraction of sp³-hybridized carbons (Fsp3) is 0.632. The van der Waals surface area contributed by atoms with Crippen LogP contribution < -0.4 is 15.4 Å². The minimum Gasteiger partial charge on any atom is -0.490 e. The average Bonchev–Trinajstić information content (AvgIpc) is 3.27. The van der Waals surface area contributed by atoms with Gasteiger partial charge in [0.2, 0.25) is 0 Å². The smallest absolute Gasteiger partial charge is 0.170 e. The molecule has 5 heteroatoms. The molecule has 2 N–H and O–H groups in total. The highest BCUT2D eigenvalue weighted by molar-refractivity contribution is 7.80. The van der Waals surface area contributed by atoms with E-state index in [1.165, 1.54) is 58.2 Å². The summed E-state index contributed by atoms with van der Waals surface area (Å²) in [6, 6.07) is 8.11. The van der Waals surface area contributed by atoms with Gasteiger partial charge in [-0.1, -0.05) is 0 Å². The van der Waals surface area contributed by atoms with Crippen molar-refractivity contribution in [3.05, 3.63) is 24.3 Å². The van der Waals surface area contributed by atoms with Crippen molar-refractivity contribution < 1.29 is 4.74 Å². The Morgan fingerprint density at radius 2 is 1.79 bits per heavy atom. The van der Waals surface area contributed by atoms with Crippen LogP contribution in [0.5, 0.6) is 5.75 Å². The normalized spacial score (nSPS) is 18.7. The standard InChI is InChI=1S/C19H29N3OS/c24-19(20-12-5-15-22-13-3-4-14-22)21-16-8-10-18(11-9-16)23-17-6-1-2-7-17/h8-11,17H,1-7,12-15H2,(H2,20,21,24). The van der Waals surface area contributed by atoms with Gasteiger partial charge in [0, 0.05) is 12.2 Å². The molecule has 0 aromatic heterocycles. The summed E-state index contributed by atoms with van der Waals surface area (Å²) >= 11 is 5.37. The van der Waals surface area contributed by atoms with Crippen molar-refractivity contribution >= 4 is 23.0 Å². The second kappa shape index (κ2) is 9.23. The van der Waals surface area contributed by atoms with Gasteiger partial charge in [-0.25, -0.2) is 0 Å². The van der Waals surface area contributed by atoms with E-state index in [4.69, 9.17) is 17.0 Å². The van der Waals surface area contributed by atoms with Crippen molar-refractivity contribution in [3.63, 3.8) is 0 Å². The molecule has 1 aromatic rings. The first-order valence-corrected chi connectivity index (χ1v) is 9.74. The highest BCUT2D eigenvalue weighted by atomic mass is 32.1. The summed E-state index contributed by atoms with van der Waals surface area (Å²) in [6.45, 7) is 4.62. The van der Waals surface area contributed by atoms with Crippen LogP contribution in [-0.4, -0.2) is 42.3 Å². The number of benzene rings is 1. The fourth-order valence-electron chi connectivity index (χ4n) is 3.50. The molecule has 24 heavy (non-hydrogen) atoms. The number of hydrogen-bond donors (Lipinski definition) is 2.